The number of amides is 1. The quantitative estimate of drug-likeness (QED) is 0.671. The van der Waals surface area contributed by atoms with Crippen molar-refractivity contribution < 1.29 is 18.3 Å². The number of benzene rings is 2. The molecule has 2 aromatic carbocycles. The summed E-state index contributed by atoms with van der Waals surface area (Å²) in [4.78, 5) is 18.0. The fourth-order valence-corrected chi connectivity index (χ4v) is 5.09. The molecule has 5 nitrogen and oxygen atoms in total. The molecule has 5 rings (SSSR count). The van der Waals surface area contributed by atoms with Gasteiger partial charge < -0.3 is 19.4 Å². The Hall–Kier alpha value is -2.38. The molecule has 166 valence electrons. The van der Waals surface area contributed by atoms with Crippen LogP contribution >= 0.6 is 12.4 Å². The Morgan fingerprint density at radius 1 is 1.00 bits per heavy atom. The van der Waals surface area contributed by atoms with Gasteiger partial charge in [-0.3, -0.25) is 0 Å². The van der Waals surface area contributed by atoms with Gasteiger partial charge in [-0.25, -0.2) is 13.6 Å². The molecule has 0 N–H and O–H groups in total. The van der Waals surface area contributed by atoms with E-state index in [2.05, 4.69) is 9.80 Å². The predicted molar refractivity (Wildman–Crippen MR) is 117 cm³/mol. The number of carbonyl (C=O) groups excluding carboxylic acids is 1. The van der Waals surface area contributed by atoms with E-state index in [-0.39, 0.29) is 42.1 Å². The van der Waals surface area contributed by atoms with E-state index < -0.39 is 0 Å². The zero-order chi connectivity index (χ0) is 20.7. The van der Waals surface area contributed by atoms with Crippen LogP contribution in [0.15, 0.2) is 42.5 Å². The first-order valence-electron chi connectivity index (χ1n) is 10.6. The van der Waals surface area contributed by atoms with Gasteiger partial charge in [-0.1, -0.05) is 0 Å². The number of anilines is 2. The second kappa shape index (κ2) is 9.01. The van der Waals surface area contributed by atoms with Crippen molar-refractivity contribution in [3.8, 4) is 0 Å². The second-order valence-electron chi connectivity index (χ2n) is 8.27. The van der Waals surface area contributed by atoms with Crippen LogP contribution < -0.4 is 4.90 Å². The summed E-state index contributed by atoms with van der Waals surface area (Å²) < 4.78 is 32.5. The zero-order valence-electron chi connectivity index (χ0n) is 17.2. The highest BCUT2D eigenvalue weighted by Crippen LogP contribution is 2.48. The van der Waals surface area contributed by atoms with Crippen molar-refractivity contribution in [2.75, 3.05) is 44.2 Å². The fraction of sp³-hybridized carbons (Fsp3) is 0.435. The van der Waals surface area contributed by atoms with E-state index in [1.54, 1.807) is 23.1 Å². The van der Waals surface area contributed by atoms with E-state index in [1.165, 1.54) is 18.2 Å². The van der Waals surface area contributed by atoms with Gasteiger partial charge in [0.15, 0.2) is 0 Å². The summed E-state index contributed by atoms with van der Waals surface area (Å²) in [6, 6.07) is 11.8. The van der Waals surface area contributed by atoms with Crippen molar-refractivity contribution in [1.29, 1.82) is 0 Å². The number of halogens is 3. The summed E-state index contributed by atoms with van der Waals surface area (Å²) in [5.41, 5.74) is 2.98. The first kappa shape index (κ1) is 21.8. The largest absolute Gasteiger partial charge is 0.448 e. The molecule has 0 saturated carbocycles. The molecule has 3 aliphatic rings. The molecule has 2 saturated heterocycles. The Bertz CT molecular complexity index is 943. The van der Waals surface area contributed by atoms with Gasteiger partial charge in [0, 0.05) is 43.0 Å². The van der Waals surface area contributed by atoms with Crippen molar-refractivity contribution in [3.05, 3.63) is 59.7 Å². The van der Waals surface area contributed by atoms with Crippen LogP contribution in [-0.2, 0) is 4.74 Å². The highest BCUT2D eigenvalue weighted by Gasteiger charge is 2.42. The maximum Gasteiger partial charge on any atom is 0.409 e. The topological polar surface area (TPSA) is 36.0 Å². The van der Waals surface area contributed by atoms with Crippen LogP contribution in [0.4, 0.5) is 25.0 Å². The standard InChI is InChI=1S/C23H25F2N3O2.ClH/c24-16-2-5-18(6-3-16)28-21-7-4-17(25)14-19(21)20-15-26(11-8-22(20)28)9-1-10-27-12-13-30-23(27)29;/h2-7,14,20,22H,1,8-13,15H2;1H/t20-,22+;/m0./s1. The molecule has 0 unspecified atom stereocenters. The molecule has 1 amide bonds. The molecule has 0 aromatic heterocycles. The smallest absolute Gasteiger partial charge is 0.409 e. The number of cyclic esters (lactones) is 1. The lowest BCUT2D eigenvalue weighted by Crippen LogP contribution is -2.45. The van der Waals surface area contributed by atoms with E-state index in [1.807, 2.05) is 6.07 Å². The van der Waals surface area contributed by atoms with Gasteiger partial charge in [0.25, 0.3) is 0 Å². The molecule has 31 heavy (non-hydrogen) atoms. The minimum Gasteiger partial charge on any atom is -0.448 e. The monoisotopic (exact) mass is 449 g/mol. The van der Waals surface area contributed by atoms with Crippen molar-refractivity contribution in [2.24, 2.45) is 0 Å². The minimum atomic E-state index is -0.259. The van der Waals surface area contributed by atoms with E-state index in [0.29, 0.717) is 19.7 Å². The van der Waals surface area contributed by atoms with Crippen LogP contribution in [0.1, 0.15) is 24.3 Å². The van der Waals surface area contributed by atoms with E-state index in [0.717, 1.165) is 49.4 Å². The average molecular weight is 450 g/mol. The third kappa shape index (κ3) is 4.21. The average Bonchev–Trinajstić information content (AvgIpc) is 3.29. The molecule has 0 bridgehead atoms. The summed E-state index contributed by atoms with van der Waals surface area (Å²) in [6.07, 6.45) is 1.62. The molecule has 2 fully saturated rings. The first-order valence-corrected chi connectivity index (χ1v) is 10.6. The number of piperidine rings is 1. The minimum absolute atomic E-state index is 0. The first-order chi connectivity index (χ1) is 14.6. The van der Waals surface area contributed by atoms with E-state index in [9.17, 15) is 13.6 Å². The number of likely N-dealkylation sites (tertiary alicyclic amines) is 1. The molecule has 3 heterocycles. The van der Waals surface area contributed by atoms with Crippen LogP contribution in [0, 0.1) is 11.6 Å². The summed E-state index contributed by atoms with van der Waals surface area (Å²) >= 11 is 0. The Morgan fingerprint density at radius 2 is 1.77 bits per heavy atom. The van der Waals surface area contributed by atoms with Gasteiger partial charge in [0.2, 0.25) is 0 Å². The normalized spacial score (nSPS) is 22.7. The third-order valence-electron chi connectivity index (χ3n) is 6.49. The Kier molecular flexibility index (Phi) is 6.34. The Morgan fingerprint density at radius 3 is 2.52 bits per heavy atom. The van der Waals surface area contributed by atoms with Gasteiger partial charge >= 0.3 is 6.09 Å². The molecule has 8 heteroatoms. The number of ether oxygens (including phenoxy) is 1. The molecular weight excluding hydrogens is 424 g/mol. The third-order valence-corrected chi connectivity index (χ3v) is 6.49. The van der Waals surface area contributed by atoms with E-state index in [4.69, 9.17) is 4.74 Å². The van der Waals surface area contributed by atoms with Crippen LogP contribution in [0.2, 0.25) is 0 Å². The van der Waals surface area contributed by atoms with Crippen LogP contribution in [0.25, 0.3) is 0 Å². The lowest BCUT2D eigenvalue weighted by molar-refractivity contribution is 0.154. The summed E-state index contributed by atoms with van der Waals surface area (Å²) in [5.74, 6) is -0.282. The second-order valence-corrected chi connectivity index (χ2v) is 8.27. The van der Waals surface area contributed by atoms with Crippen molar-refractivity contribution >= 4 is 29.9 Å². The van der Waals surface area contributed by atoms with Gasteiger partial charge in [0.05, 0.1) is 6.54 Å². The molecule has 0 spiro atoms. The van der Waals surface area contributed by atoms with Crippen molar-refractivity contribution in [3.63, 3.8) is 0 Å². The lowest BCUT2D eigenvalue weighted by atomic mass is 9.89. The number of hydrogen-bond acceptors (Lipinski definition) is 4. The van der Waals surface area contributed by atoms with Gasteiger partial charge in [0.1, 0.15) is 18.2 Å². The summed E-state index contributed by atoms with van der Waals surface area (Å²) in [7, 11) is 0. The maximum atomic E-state index is 14.1. The summed E-state index contributed by atoms with van der Waals surface area (Å²) in [6.45, 7) is 4.55. The number of rotatable bonds is 5. The fourth-order valence-electron chi connectivity index (χ4n) is 5.09. The van der Waals surface area contributed by atoms with Crippen molar-refractivity contribution in [2.45, 2.75) is 24.8 Å². The number of nitrogens with zero attached hydrogens (tertiary/aromatic N) is 3. The van der Waals surface area contributed by atoms with Gasteiger partial charge in [-0.15, -0.1) is 12.4 Å². The molecule has 2 aromatic rings. The Balaban J connectivity index is 0.00000231. The molecular formula is C23H26ClF2N3O2. The SMILES string of the molecule is Cl.O=C1OCCN1CCCN1CC[C@@H]2[C@@H](C1)c1cc(F)ccc1N2c1ccc(F)cc1. The summed E-state index contributed by atoms with van der Waals surface area (Å²) in [5, 5.41) is 0. The number of hydrogen-bond donors (Lipinski definition) is 0. The van der Waals surface area contributed by atoms with E-state index >= 15 is 0 Å². The number of carbonyl (C=O) groups is 1. The molecule has 2 atom stereocenters. The van der Waals surface area contributed by atoms with Crippen LogP contribution in [-0.4, -0.2) is 61.3 Å². The highest BCUT2D eigenvalue weighted by atomic mass is 35.5. The van der Waals surface area contributed by atoms with Crippen molar-refractivity contribution in [1.82, 2.24) is 9.80 Å². The number of fused-ring (bicyclic) bond motifs is 3. The van der Waals surface area contributed by atoms with Crippen LogP contribution in [0.3, 0.4) is 0 Å². The maximum absolute atomic E-state index is 14.1. The molecule has 3 aliphatic heterocycles. The lowest BCUT2D eigenvalue weighted by Gasteiger charge is -2.39. The predicted octanol–water partition coefficient (Wildman–Crippen LogP) is 4.54. The molecule has 0 aliphatic carbocycles. The van der Waals surface area contributed by atoms with Gasteiger partial charge in [-0.05, 0) is 67.4 Å². The molecule has 0 radical (unpaired) electrons. The zero-order valence-corrected chi connectivity index (χ0v) is 18.0. The van der Waals surface area contributed by atoms with Crippen LogP contribution in [0.5, 0.6) is 0 Å². The highest BCUT2D eigenvalue weighted by molar-refractivity contribution is 5.85. The van der Waals surface area contributed by atoms with Gasteiger partial charge in [-0.2, -0.15) is 0 Å². The Labute approximate surface area is 187 Å².